The molecule has 10 aromatic rings. The van der Waals surface area contributed by atoms with Crippen LogP contribution in [0.2, 0.25) is 0 Å². The zero-order valence-corrected chi connectivity index (χ0v) is 24.3. The topological polar surface area (TPSA) is 38.9 Å². The first kappa shape index (κ1) is 11.5. The average molecular weight is 653 g/mol. The van der Waals surface area contributed by atoms with Crippen LogP contribution >= 0.6 is 0 Å². The molecule has 3 heterocycles. The molecule has 228 valence electrons. The van der Waals surface area contributed by atoms with Gasteiger partial charge in [-0.15, -0.1) is 0 Å². The standard InChI is InChI=1S/C46H28N2O/c1-2-10-34-33(8-1)28-41(39-14-6-4-11-36(34)39)44-26-25-43(49-44)30-17-15-29(16-18-30)35-22-23-40(38-13-5-3-12-37(35)38)42-24-21-32-20-19-31-9-7-27-47-45(31)46(32)48-42/h1-28H/i1D,2D,3D,4D,5D,6D,7D,8D,9D,10D,11D,12D,13D,14D,15D,16D,17D,18D,19D,20D,21D,22D,23D,24D,25D,26D,27D,28D. The van der Waals surface area contributed by atoms with Gasteiger partial charge in [-0.1, -0.05) is 133 Å². The predicted molar refractivity (Wildman–Crippen MR) is 204 cm³/mol. The number of furan rings is 1. The van der Waals surface area contributed by atoms with Crippen molar-refractivity contribution in [1.29, 1.82) is 0 Å². The van der Waals surface area contributed by atoms with Gasteiger partial charge in [0.05, 0.1) is 55.1 Å². The van der Waals surface area contributed by atoms with Crippen LogP contribution < -0.4 is 0 Å². The van der Waals surface area contributed by atoms with Crippen LogP contribution in [-0.4, -0.2) is 9.97 Å². The third-order valence-electron chi connectivity index (χ3n) is 7.64. The van der Waals surface area contributed by atoms with Gasteiger partial charge >= 0.3 is 0 Å². The number of rotatable bonds is 4. The first-order chi connectivity index (χ1) is 35.9. The van der Waals surface area contributed by atoms with Crippen molar-refractivity contribution in [3.05, 3.63) is 169 Å². The fraction of sp³-hybridized carbons (Fsp3) is 0. The van der Waals surface area contributed by atoms with E-state index in [2.05, 4.69) is 9.97 Å². The molecular weight excluding hydrogens is 597 g/mol. The Bertz CT molecular complexity index is 4470. The third kappa shape index (κ3) is 4.51. The van der Waals surface area contributed by atoms with E-state index in [0.717, 1.165) is 0 Å². The molecule has 7 aromatic carbocycles. The predicted octanol–water partition coefficient (Wildman–Crippen LogP) is 12.5. The maximum atomic E-state index is 9.43. The molecule has 3 aromatic heterocycles. The van der Waals surface area contributed by atoms with Crippen molar-refractivity contribution >= 4 is 54.1 Å². The van der Waals surface area contributed by atoms with Crippen LogP contribution in [0, 0.1) is 0 Å². The molecule has 0 saturated carbocycles. The molecule has 0 spiro atoms. The lowest BCUT2D eigenvalue weighted by atomic mass is 9.93. The van der Waals surface area contributed by atoms with Gasteiger partial charge in [0.2, 0.25) is 0 Å². The molecule has 0 aliphatic heterocycles. The summed E-state index contributed by atoms with van der Waals surface area (Å²) in [4.78, 5) is 8.43. The monoisotopic (exact) mass is 652 g/mol. The maximum absolute atomic E-state index is 9.43. The first-order valence-electron chi connectivity index (χ1n) is 28.3. The van der Waals surface area contributed by atoms with Crippen LogP contribution in [0.1, 0.15) is 38.4 Å². The molecule has 0 saturated heterocycles. The summed E-state index contributed by atoms with van der Waals surface area (Å²) in [5.41, 5.74) is -5.46. The first-order valence-corrected chi connectivity index (χ1v) is 14.3. The Morgan fingerprint density at radius 3 is 1.82 bits per heavy atom. The molecule has 0 amide bonds. The molecule has 0 unspecified atom stereocenters. The summed E-state index contributed by atoms with van der Waals surface area (Å²) in [5, 5.41) is -4.38. The Morgan fingerprint density at radius 1 is 0.408 bits per heavy atom. The Balaban J connectivity index is 1.28. The summed E-state index contributed by atoms with van der Waals surface area (Å²) in [6.07, 6.45) is -0.763. The number of hydrogen-bond donors (Lipinski definition) is 0. The number of fused-ring (bicyclic) bond motifs is 7. The van der Waals surface area contributed by atoms with E-state index in [0.29, 0.717) is 0 Å². The van der Waals surface area contributed by atoms with E-state index < -0.39 is 268 Å². The fourth-order valence-electron chi connectivity index (χ4n) is 5.42. The van der Waals surface area contributed by atoms with Crippen LogP contribution in [0.4, 0.5) is 0 Å². The highest BCUT2D eigenvalue weighted by molar-refractivity contribution is 6.13. The smallest absolute Gasteiger partial charge is 0.135 e. The molecule has 0 fully saturated rings. The molecule has 0 bridgehead atoms. The van der Waals surface area contributed by atoms with Crippen molar-refractivity contribution < 1.29 is 42.8 Å². The van der Waals surface area contributed by atoms with Gasteiger partial charge in [0, 0.05) is 33.6 Å². The van der Waals surface area contributed by atoms with Gasteiger partial charge in [0.15, 0.2) is 0 Å². The summed E-state index contributed by atoms with van der Waals surface area (Å²) in [6.45, 7) is 0. The fourth-order valence-corrected chi connectivity index (χ4v) is 5.42. The van der Waals surface area contributed by atoms with E-state index in [1.54, 1.807) is 0 Å². The zero-order valence-electron chi connectivity index (χ0n) is 52.3. The minimum absolute atomic E-state index is 0.430. The van der Waals surface area contributed by atoms with Crippen LogP contribution in [0.25, 0.3) is 99.2 Å². The van der Waals surface area contributed by atoms with E-state index in [9.17, 15) is 9.60 Å². The maximum Gasteiger partial charge on any atom is 0.135 e. The second kappa shape index (κ2) is 11.0. The Morgan fingerprint density at radius 2 is 1.00 bits per heavy atom. The molecule has 0 N–H and O–H groups in total. The van der Waals surface area contributed by atoms with Crippen LogP contribution in [0.15, 0.2) is 174 Å². The normalized spacial score (nSPS) is 19.7. The van der Waals surface area contributed by atoms with Gasteiger partial charge in [-0.3, -0.25) is 4.98 Å². The highest BCUT2D eigenvalue weighted by Crippen LogP contribution is 2.39. The van der Waals surface area contributed by atoms with Crippen molar-refractivity contribution in [2.24, 2.45) is 0 Å². The molecular formula is C46H28N2O. The van der Waals surface area contributed by atoms with Gasteiger partial charge in [0.25, 0.3) is 0 Å². The third-order valence-corrected chi connectivity index (χ3v) is 7.64. The van der Waals surface area contributed by atoms with Crippen molar-refractivity contribution in [2.45, 2.75) is 0 Å². The van der Waals surface area contributed by atoms with E-state index in [1.165, 1.54) is 0 Å². The van der Waals surface area contributed by atoms with Crippen LogP contribution in [-0.2, 0) is 0 Å². The second-order valence-electron chi connectivity index (χ2n) is 10.4. The molecule has 3 heteroatoms. The highest BCUT2D eigenvalue weighted by Gasteiger charge is 2.15. The van der Waals surface area contributed by atoms with Crippen molar-refractivity contribution in [2.75, 3.05) is 0 Å². The SMILES string of the molecule is [2H]c1nc2c(c([2H])c1[2H])c([2H])c([2H])c1c([2H])c([2H])c(-c3c([2H])c([2H])c(-c4c([2H])c([2H])c(-c5oc(-c6c([2H])c7c([2H])c([2H])c([2H])c([2H])c7c7c([2H])c([2H])c([2H])c([2H])c67)c([2H])c5[2H])c([2H])c4[2H])c4c([2H])c([2H])c([2H])c([2H])c34)nc12. The van der Waals surface area contributed by atoms with Crippen LogP contribution in [0.3, 0.4) is 0 Å². The van der Waals surface area contributed by atoms with Crippen molar-refractivity contribution in [1.82, 2.24) is 9.97 Å². The lowest BCUT2D eigenvalue weighted by Gasteiger charge is -2.13. The van der Waals surface area contributed by atoms with Gasteiger partial charge < -0.3 is 4.42 Å². The Hall–Kier alpha value is -6.58. The van der Waals surface area contributed by atoms with E-state index in [-0.39, 0.29) is 0 Å². The summed E-state index contributed by atoms with van der Waals surface area (Å²) in [6, 6.07) is -23.9. The van der Waals surface area contributed by atoms with Gasteiger partial charge in [-0.25, -0.2) is 4.98 Å². The number of aromatic nitrogens is 2. The van der Waals surface area contributed by atoms with Crippen molar-refractivity contribution in [3.8, 4) is 45.0 Å². The summed E-state index contributed by atoms with van der Waals surface area (Å²) in [7, 11) is 0. The number of benzene rings is 7. The van der Waals surface area contributed by atoms with Crippen molar-refractivity contribution in [3.63, 3.8) is 0 Å². The Kier molecular flexibility index (Phi) is 2.59. The quantitative estimate of drug-likeness (QED) is 0.178. The average Bonchev–Trinajstić information content (AvgIpc) is 3.78. The lowest BCUT2D eigenvalue weighted by molar-refractivity contribution is 0.598. The number of hydrogen-bond acceptors (Lipinski definition) is 3. The molecule has 3 nitrogen and oxygen atoms in total. The summed E-state index contributed by atoms with van der Waals surface area (Å²) < 4.78 is 254. The van der Waals surface area contributed by atoms with Gasteiger partial charge in [0.1, 0.15) is 11.5 Å². The molecule has 0 radical (unpaired) electrons. The second-order valence-corrected chi connectivity index (χ2v) is 10.4. The minimum Gasteiger partial charge on any atom is -0.456 e. The number of pyridine rings is 2. The summed E-state index contributed by atoms with van der Waals surface area (Å²) >= 11 is 0. The summed E-state index contributed by atoms with van der Waals surface area (Å²) in [5.74, 6) is -1.70. The largest absolute Gasteiger partial charge is 0.456 e. The minimum atomic E-state index is -1.07. The van der Waals surface area contributed by atoms with E-state index in [4.69, 9.17) is 33.2 Å². The highest BCUT2D eigenvalue weighted by atomic mass is 16.3. The van der Waals surface area contributed by atoms with Gasteiger partial charge in [-0.05, 0) is 73.7 Å². The van der Waals surface area contributed by atoms with Gasteiger partial charge in [-0.2, -0.15) is 0 Å². The zero-order chi connectivity index (χ0) is 56.7. The number of nitrogens with zero attached hydrogens (tertiary/aromatic N) is 2. The van der Waals surface area contributed by atoms with Crippen LogP contribution in [0.5, 0.6) is 0 Å². The van der Waals surface area contributed by atoms with E-state index in [1.807, 2.05) is 0 Å². The Labute approximate surface area is 322 Å². The molecule has 0 atom stereocenters. The molecule has 49 heavy (non-hydrogen) atoms. The lowest BCUT2D eigenvalue weighted by Crippen LogP contribution is -1.91. The van der Waals surface area contributed by atoms with E-state index >= 15 is 0 Å². The molecule has 10 rings (SSSR count). The molecule has 0 aliphatic carbocycles. The molecule has 0 aliphatic rings.